The minimum atomic E-state index is -0.719. The van der Waals surface area contributed by atoms with Crippen molar-refractivity contribution < 1.29 is 19.0 Å². The fraction of sp³-hybridized carbons (Fsp3) is 0.179. The fourth-order valence-electron chi connectivity index (χ4n) is 5.62. The number of aromatic nitrogens is 1. The Hall–Kier alpha value is -5.92. The molecule has 9 nitrogen and oxygen atoms in total. The van der Waals surface area contributed by atoms with Crippen molar-refractivity contribution >= 4 is 29.0 Å². The Morgan fingerprint density at radius 1 is 0.939 bits per heavy atom. The molecular formula is C39H34N4O5S. The van der Waals surface area contributed by atoms with E-state index < -0.39 is 6.04 Å². The van der Waals surface area contributed by atoms with E-state index in [0.717, 1.165) is 16.7 Å². The normalized spacial score (nSPS) is 14.0. The summed E-state index contributed by atoms with van der Waals surface area (Å²) in [6.07, 6.45) is 1.79. The van der Waals surface area contributed by atoms with Gasteiger partial charge in [-0.05, 0) is 80.4 Å². The van der Waals surface area contributed by atoms with E-state index in [9.17, 15) is 14.9 Å². The van der Waals surface area contributed by atoms with Crippen LogP contribution in [0, 0.1) is 11.3 Å². The Morgan fingerprint density at radius 2 is 1.67 bits per heavy atom. The second-order valence-corrected chi connectivity index (χ2v) is 12.1. The number of benzene rings is 4. The fourth-order valence-corrected chi connectivity index (χ4v) is 6.67. The summed E-state index contributed by atoms with van der Waals surface area (Å²) >= 11 is 1.26. The summed E-state index contributed by atoms with van der Waals surface area (Å²) in [4.78, 5) is 33.3. The maximum Gasteiger partial charge on any atom is 0.271 e. The highest BCUT2D eigenvalue weighted by atomic mass is 32.1. The number of fused-ring (bicyclic) bond motifs is 1. The van der Waals surface area contributed by atoms with Gasteiger partial charge in [-0.2, -0.15) is 5.26 Å². The van der Waals surface area contributed by atoms with Gasteiger partial charge in [0.05, 0.1) is 46.7 Å². The van der Waals surface area contributed by atoms with Crippen molar-refractivity contribution in [3.8, 4) is 23.3 Å². The Morgan fingerprint density at radius 3 is 2.41 bits per heavy atom. The van der Waals surface area contributed by atoms with Crippen LogP contribution in [0.25, 0.3) is 6.08 Å². The predicted molar refractivity (Wildman–Crippen MR) is 190 cm³/mol. The van der Waals surface area contributed by atoms with Crippen LogP contribution in [0.15, 0.2) is 118 Å². The minimum absolute atomic E-state index is 0.201. The van der Waals surface area contributed by atoms with Crippen LogP contribution in [0.1, 0.15) is 49.1 Å². The standard InChI is InChI=1S/C39H34N4O5S/c1-4-46-31-18-16-27(17-19-31)36-35(37(44)42-30-13-7-6-8-14-30)25(3)41-39-43(36)38(45)34(49-39)22-26-15-20-32(33(21-26)47-5-2)48-24-29-12-10-9-11-28(29)23-40/h6-22,36H,4-5,24H2,1-3H3,(H,42,44)/b34-22+/t36-/m1/s1. The van der Waals surface area contributed by atoms with Gasteiger partial charge in [0.1, 0.15) is 12.4 Å². The maximum atomic E-state index is 14.2. The number of hydrogen-bond donors (Lipinski definition) is 1. The lowest BCUT2D eigenvalue weighted by molar-refractivity contribution is -0.113. The van der Waals surface area contributed by atoms with Crippen molar-refractivity contribution in [2.24, 2.45) is 4.99 Å². The van der Waals surface area contributed by atoms with E-state index in [-0.39, 0.29) is 18.1 Å². The summed E-state index contributed by atoms with van der Waals surface area (Å²) in [5.74, 6) is 1.39. The number of ether oxygens (including phenoxy) is 3. The van der Waals surface area contributed by atoms with Crippen LogP contribution < -0.4 is 34.4 Å². The highest BCUT2D eigenvalue weighted by Crippen LogP contribution is 2.33. The smallest absolute Gasteiger partial charge is 0.271 e. The van der Waals surface area contributed by atoms with Crippen LogP contribution in [0.2, 0.25) is 0 Å². The number of rotatable bonds is 11. The quantitative estimate of drug-likeness (QED) is 0.181. The second kappa shape index (κ2) is 14.9. The average molecular weight is 671 g/mol. The van der Waals surface area contributed by atoms with Gasteiger partial charge < -0.3 is 19.5 Å². The second-order valence-electron chi connectivity index (χ2n) is 11.1. The number of carbonyl (C=O) groups is 1. The molecule has 1 aromatic heterocycles. The minimum Gasteiger partial charge on any atom is -0.494 e. The highest BCUT2D eigenvalue weighted by molar-refractivity contribution is 7.07. The molecule has 1 N–H and O–H groups in total. The highest BCUT2D eigenvalue weighted by Gasteiger charge is 2.32. The van der Waals surface area contributed by atoms with Crippen LogP contribution in [-0.2, 0) is 11.4 Å². The Kier molecular flexibility index (Phi) is 10.0. The van der Waals surface area contributed by atoms with Crippen molar-refractivity contribution in [3.05, 3.63) is 150 Å². The molecular weight excluding hydrogens is 637 g/mol. The topological polar surface area (TPSA) is 115 Å². The maximum absolute atomic E-state index is 14.2. The van der Waals surface area contributed by atoms with E-state index in [1.54, 1.807) is 29.7 Å². The Balaban J connectivity index is 1.39. The van der Waals surface area contributed by atoms with Gasteiger partial charge in [-0.1, -0.05) is 65.9 Å². The molecule has 0 saturated carbocycles. The molecule has 0 aliphatic carbocycles. The van der Waals surface area contributed by atoms with Gasteiger partial charge in [0, 0.05) is 11.3 Å². The third-order valence-electron chi connectivity index (χ3n) is 7.89. The number of nitriles is 1. The first-order valence-electron chi connectivity index (χ1n) is 15.9. The molecule has 0 bridgehead atoms. The van der Waals surface area contributed by atoms with Crippen LogP contribution in [-0.4, -0.2) is 23.7 Å². The van der Waals surface area contributed by atoms with E-state index in [2.05, 4.69) is 11.4 Å². The lowest BCUT2D eigenvalue weighted by Crippen LogP contribution is -2.40. The summed E-state index contributed by atoms with van der Waals surface area (Å²) in [6, 6.07) is 30.9. The first-order chi connectivity index (χ1) is 23.9. The molecule has 10 heteroatoms. The van der Waals surface area contributed by atoms with Crippen molar-refractivity contribution in [2.45, 2.75) is 33.4 Å². The molecule has 1 amide bonds. The lowest BCUT2D eigenvalue weighted by atomic mass is 9.95. The lowest BCUT2D eigenvalue weighted by Gasteiger charge is -2.25. The third kappa shape index (κ3) is 7.17. The number of para-hydroxylation sites is 1. The SMILES string of the molecule is CCOc1ccc([C@@H]2C(C(=O)Nc3ccccc3)=C(C)N=c3s/c(=C/c4ccc(OCc5ccccc5C#N)c(OCC)c4)c(=O)n32)cc1. The van der Waals surface area contributed by atoms with E-state index in [1.165, 1.54) is 11.3 Å². The Labute approximate surface area is 287 Å². The largest absolute Gasteiger partial charge is 0.494 e. The number of nitrogens with one attached hydrogen (secondary N) is 1. The summed E-state index contributed by atoms with van der Waals surface area (Å²) in [5.41, 5.74) is 4.08. The van der Waals surface area contributed by atoms with Gasteiger partial charge in [0.15, 0.2) is 16.3 Å². The monoisotopic (exact) mass is 670 g/mol. The van der Waals surface area contributed by atoms with Gasteiger partial charge >= 0.3 is 0 Å². The molecule has 0 unspecified atom stereocenters. The molecule has 4 aromatic carbocycles. The number of thiazole rings is 1. The first-order valence-corrected chi connectivity index (χ1v) is 16.7. The predicted octanol–water partition coefficient (Wildman–Crippen LogP) is 6.12. The molecule has 49 heavy (non-hydrogen) atoms. The van der Waals surface area contributed by atoms with Crippen LogP contribution in [0.4, 0.5) is 5.69 Å². The number of hydrogen-bond acceptors (Lipinski definition) is 8. The Bertz CT molecular complexity index is 2250. The van der Waals surface area contributed by atoms with Crippen molar-refractivity contribution in [1.29, 1.82) is 5.26 Å². The molecule has 0 saturated heterocycles. The third-order valence-corrected chi connectivity index (χ3v) is 8.87. The molecule has 0 radical (unpaired) electrons. The van der Waals surface area contributed by atoms with Crippen LogP contribution in [0.5, 0.6) is 17.2 Å². The zero-order valence-corrected chi connectivity index (χ0v) is 28.1. The average Bonchev–Trinajstić information content (AvgIpc) is 3.41. The van der Waals surface area contributed by atoms with Crippen molar-refractivity contribution in [1.82, 2.24) is 4.57 Å². The van der Waals surface area contributed by atoms with E-state index >= 15 is 0 Å². The zero-order chi connectivity index (χ0) is 34.3. The summed E-state index contributed by atoms with van der Waals surface area (Å²) in [7, 11) is 0. The van der Waals surface area contributed by atoms with Crippen molar-refractivity contribution in [3.63, 3.8) is 0 Å². The number of amides is 1. The number of anilines is 1. The molecule has 6 rings (SSSR count). The summed E-state index contributed by atoms with van der Waals surface area (Å²) in [5, 5.41) is 12.4. The number of nitrogens with zero attached hydrogens (tertiary/aromatic N) is 3. The van der Waals surface area contributed by atoms with Gasteiger partial charge in [-0.3, -0.25) is 14.2 Å². The molecule has 0 fully saturated rings. The van der Waals surface area contributed by atoms with Gasteiger partial charge in [0.2, 0.25) is 0 Å². The van der Waals surface area contributed by atoms with E-state index in [0.29, 0.717) is 62.3 Å². The summed E-state index contributed by atoms with van der Waals surface area (Å²) in [6.45, 7) is 6.72. The molecule has 1 aliphatic rings. The van der Waals surface area contributed by atoms with E-state index in [4.69, 9.17) is 19.2 Å². The van der Waals surface area contributed by atoms with Gasteiger partial charge in [0.25, 0.3) is 11.5 Å². The molecule has 2 heterocycles. The summed E-state index contributed by atoms with van der Waals surface area (Å²) < 4.78 is 19.7. The molecule has 0 spiro atoms. The zero-order valence-electron chi connectivity index (χ0n) is 27.3. The van der Waals surface area contributed by atoms with E-state index in [1.807, 2.05) is 98.8 Å². The number of carbonyl (C=O) groups excluding carboxylic acids is 1. The van der Waals surface area contributed by atoms with Gasteiger partial charge in [-0.15, -0.1) is 0 Å². The molecule has 1 aliphatic heterocycles. The van der Waals surface area contributed by atoms with Crippen LogP contribution in [0.3, 0.4) is 0 Å². The molecule has 1 atom stereocenters. The first kappa shape index (κ1) is 33.0. The molecule has 246 valence electrons. The molecule has 5 aromatic rings. The van der Waals surface area contributed by atoms with Crippen molar-refractivity contribution in [2.75, 3.05) is 18.5 Å². The van der Waals surface area contributed by atoms with Gasteiger partial charge in [-0.25, -0.2) is 4.99 Å². The number of allylic oxidation sites excluding steroid dienone is 1. The van der Waals surface area contributed by atoms with Crippen LogP contribution >= 0.6 is 11.3 Å².